The summed E-state index contributed by atoms with van der Waals surface area (Å²) < 4.78 is 0. The van der Waals surface area contributed by atoms with Gasteiger partial charge in [0.25, 0.3) is 5.91 Å². The van der Waals surface area contributed by atoms with Crippen molar-refractivity contribution in [1.82, 2.24) is 15.3 Å². The smallest absolute Gasteiger partial charge is 0.252 e. The predicted octanol–water partition coefficient (Wildman–Crippen LogP) is 3.81. The summed E-state index contributed by atoms with van der Waals surface area (Å²) in [6, 6.07) is 7.43. The summed E-state index contributed by atoms with van der Waals surface area (Å²) in [5.74, 6) is -0.113. The zero-order valence-corrected chi connectivity index (χ0v) is 13.9. The number of aromatic nitrogens is 2. The van der Waals surface area contributed by atoms with Crippen molar-refractivity contribution in [3.63, 3.8) is 0 Å². The van der Waals surface area contributed by atoms with Crippen LogP contribution in [0.5, 0.6) is 0 Å². The Hall–Kier alpha value is -2.33. The van der Waals surface area contributed by atoms with Gasteiger partial charge in [-0.3, -0.25) is 9.78 Å². The molecule has 0 aliphatic heterocycles. The number of halogens is 1. The molecule has 0 atom stereocenters. The number of rotatable bonds is 4. The van der Waals surface area contributed by atoms with E-state index in [0.29, 0.717) is 12.1 Å². The van der Waals surface area contributed by atoms with Gasteiger partial charge in [-0.1, -0.05) is 17.7 Å². The molecule has 0 bridgehead atoms. The molecule has 0 radical (unpaired) electrons. The normalized spacial score (nSPS) is 10.9. The van der Waals surface area contributed by atoms with E-state index >= 15 is 0 Å². The highest BCUT2D eigenvalue weighted by Gasteiger charge is 2.13. The number of hydrogen-bond donors (Lipinski definition) is 2. The van der Waals surface area contributed by atoms with Gasteiger partial charge in [-0.15, -0.1) is 0 Å². The Morgan fingerprint density at radius 2 is 2.13 bits per heavy atom. The zero-order chi connectivity index (χ0) is 16.4. The second kappa shape index (κ2) is 6.42. The molecule has 1 aromatic carbocycles. The van der Waals surface area contributed by atoms with E-state index in [1.54, 1.807) is 24.5 Å². The Morgan fingerprint density at radius 1 is 1.30 bits per heavy atom. The molecular weight excluding hydrogens is 310 g/mol. The number of benzene rings is 1. The molecule has 3 rings (SSSR count). The fourth-order valence-corrected chi connectivity index (χ4v) is 3.07. The zero-order valence-electron chi connectivity index (χ0n) is 13.1. The number of nitrogens with zero attached hydrogens (tertiary/aromatic N) is 1. The van der Waals surface area contributed by atoms with Crippen molar-refractivity contribution in [2.45, 2.75) is 20.3 Å². The number of hydrogen-bond acceptors (Lipinski definition) is 2. The number of fused-ring (bicyclic) bond motifs is 1. The molecule has 23 heavy (non-hydrogen) atoms. The van der Waals surface area contributed by atoms with E-state index in [-0.39, 0.29) is 5.91 Å². The molecule has 4 nitrogen and oxygen atoms in total. The Bertz CT molecular complexity index is 856. The lowest BCUT2D eigenvalue weighted by atomic mass is 10.1. The second-order valence-electron chi connectivity index (χ2n) is 5.59. The average molecular weight is 328 g/mol. The molecule has 0 unspecified atom stereocenters. The van der Waals surface area contributed by atoms with Crippen molar-refractivity contribution in [2.24, 2.45) is 0 Å². The highest BCUT2D eigenvalue weighted by atomic mass is 35.5. The largest absolute Gasteiger partial charge is 0.358 e. The third-order valence-electron chi connectivity index (χ3n) is 4.01. The molecule has 2 heterocycles. The van der Waals surface area contributed by atoms with Crippen LogP contribution in [0.1, 0.15) is 27.2 Å². The molecule has 1 amide bonds. The highest BCUT2D eigenvalue weighted by molar-refractivity contribution is 6.35. The molecule has 0 spiro atoms. The van der Waals surface area contributed by atoms with E-state index < -0.39 is 0 Å². The number of carbonyl (C=O) groups is 1. The minimum absolute atomic E-state index is 0.113. The predicted molar refractivity (Wildman–Crippen MR) is 93.1 cm³/mol. The van der Waals surface area contributed by atoms with Crippen molar-refractivity contribution in [1.29, 1.82) is 0 Å². The van der Waals surface area contributed by atoms with Crippen LogP contribution in [0.2, 0.25) is 5.02 Å². The van der Waals surface area contributed by atoms with Crippen molar-refractivity contribution < 1.29 is 4.79 Å². The molecule has 3 aromatic rings. The molecule has 2 aromatic heterocycles. The first-order valence-electron chi connectivity index (χ1n) is 7.52. The summed E-state index contributed by atoms with van der Waals surface area (Å²) in [4.78, 5) is 19.4. The van der Waals surface area contributed by atoms with Crippen LogP contribution in [0.4, 0.5) is 0 Å². The first kappa shape index (κ1) is 15.6. The number of amides is 1. The van der Waals surface area contributed by atoms with Crippen LogP contribution in [-0.4, -0.2) is 22.4 Å². The van der Waals surface area contributed by atoms with Crippen LogP contribution < -0.4 is 5.32 Å². The molecule has 118 valence electrons. The standard InChI is InChI=1S/C18H18ClN3O/c1-11-5-6-15(19)16-14(12(2)22-17(11)16)7-9-21-18(23)13-4-3-8-20-10-13/h3-6,8,10,22H,7,9H2,1-2H3,(H,21,23). The molecule has 2 N–H and O–H groups in total. The van der Waals surface area contributed by atoms with Gasteiger partial charge in [-0.2, -0.15) is 0 Å². The van der Waals surface area contributed by atoms with Gasteiger partial charge in [0.05, 0.1) is 16.1 Å². The number of aryl methyl sites for hydroxylation is 2. The Kier molecular flexibility index (Phi) is 4.35. The highest BCUT2D eigenvalue weighted by Crippen LogP contribution is 2.31. The average Bonchev–Trinajstić information content (AvgIpc) is 2.90. The molecule has 0 aliphatic rings. The van der Waals surface area contributed by atoms with Crippen LogP contribution in [0, 0.1) is 13.8 Å². The van der Waals surface area contributed by atoms with E-state index in [0.717, 1.165) is 39.2 Å². The number of H-pyrrole nitrogens is 1. The fraction of sp³-hybridized carbons (Fsp3) is 0.222. The van der Waals surface area contributed by atoms with E-state index in [1.165, 1.54) is 0 Å². The van der Waals surface area contributed by atoms with Gasteiger partial charge in [-0.05, 0) is 49.6 Å². The fourth-order valence-electron chi connectivity index (χ4n) is 2.80. The maximum atomic E-state index is 12.1. The Morgan fingerprint density at radius 3 is 2.87 bits per heavy atom. The monoisotopic (exact) mass is 327 g/mol. The van der Waals surface area contributed by atoms with Gasteiger partial charge in [0.2, 0.25) is 0 Å². The number of nitrogens with one attached hydrogen (secondary N) is 2. The molecule has 0 saturated heterocycles. The van der Waals surface area contributed by atoms with Gasteiger partial charge >= 0.3 is 0 Å². The topological polar surface area (TPSA) is 57.8 Å². The second-order valence-corrected chi connectivity index (χ2v) is 6.00. The maximum absolute atomic E-state index is 12.1. The lowest BCUT2D eigenvalue weighted by Gasteiger charge is -2.06. The molecule has 0 fully saturated rings. The minimum Gasteiger partial charge on any atom is -0.358 e. The van der Waals surface area contributed by atoms with Gasteiger partial charge < -0.3 is 10.3 Å². The van der Waals surface area contributed by atoms with Crippen LogP contribution >= 0.6 is 11.6 Å². The van der Waals surface area contributed by atoms with Crippen LogP contribution in [0.25, 0.3) is 10.9 Å². The Balaban J connectivity index is 1.76. The lowest BCUT2D eigenvalue weighted by Crippen LogP contribution is -2.25. The summed E-state index contributed by atoms with van der Waals surface area (Å²) in [5, 5.41) is 4.72. The quantitative estimate of drug-likeness (QED) is 0.765. The van der Waals surface area contributed by atoms with Gasteiger partial charge in [0.1, 0.15) is 0 Å². The SMILES string of the molecule is Cc1[nH]c2c(C)ccc(Cl)c2c1CCNC(=O)c1cccnc1. The molecule has 5 heteroatoms. The number of pyridine rings is 1. The summed E-state index contributed by atoms with van der Waals surface area (Å²) in [6.07, 6.45) is 3.93. The van der Waals surface area contributed by atoms with Crippen LogP contribution in [0.3, 0.4) is 0 Å². The first-order chi connectivity index (χ1) is 11.1. The third kappa shape index (κ3) is 3.08. The van der Waals surface area contributed by atoms with Gasteiger partial charge in [0.15, 0.2) is 0 Å². The van der Waals surface area contributed by atoms with Gasteiger partial charge in [0, 0.05) is 30.0 Å². The van der Waals surface area contributed by atoms with E-state index in [2.05, 4.69) is 22.2 Å². The number of carbonyl (C=O) groups excluding carboxylic acids is 1. The van der Waals surface area contributed by atoms with Crippen LogP contribution in [-0.2, 0) is 6.42 Å². The summed E-state index contributed by atoms with van der Waals surface area (Å²) in [6.45, 7) is 4.64. The minimum atomic E-state index is -0.113. The van der Waals surface area contributed by atoms with Gasteiger partial charge in [-0.25, -0.2) is 0 Å². The summed E-state index contributed by atoms with van der Waals surface area (Å²) in [5.41, 5.74) is 5.05. The molecule has 0 saturated carbocycles. The lowest BCUT2D eigenvalue weighted by molar-refractivity contribution is 0.0954. The van der Waals surface area contributed by atoms with Crippen molar-refractivity contribution in [2.75, 3.05) is 6.54 Å². The maximum Gasteiger partial charge on any atom is 0.252 e. The number of aromatic amines is 1. The van der Waals surface area contributed by atoms with E-state index in [9.17, 15) is 4.79 Å². The van der Waals surface area contributed by atoms with Crippen molar-refractivity contribution in [3.05, 3.63) is 64.1 Å². The van der Waals surface area contributed by atoms with E-state index in [4.69, 9.17) is 11.6 Å². The third-order valence-corrected chi connectivity index (χ3v) is 4.33. The molecular formula is C18H18ClN3O. The first-order valence-corrected chi connectivity index (χ1v) is 7.90. The summed E-state index contributed by atoms with van der Waals surface area (Å²) >= 11 is 6.37. The summed E-state index contributed by atoms with van der Waals surface area (Å²) in [7, 11) is 0. The van der Waals surface area contributed by atoms with Crippen molar-refractivity contribution in [3.8, 4) is 0 Å². The van der Waals surface area contributed by atoms with E-state index in [1.807, 2.05) is 19.1 Å². The van der Waals surface area contributed by atoms with Crippen LogP contribution in [0.15, 0.2) is 36.7 Å². The molecule has 0 aliphatic carbocycles. The Labute approximate surface area is 139 Å². The van der Waals surface area contributed by atoms with Crippen molar-refractivity contribution >= 4 is 28.4 Å².